The Morgan fingerprint density at radius 1 is 1.09 bits per heavy atom. The maximum absolute atomic E-state index is 12.9. The fourth-order valence-electron chi connectivity index (χ4n) is 4.45. The Labute approximate surface area is 140 Å². The normalized spacial score (nSPS) is 28.9. The third-order valence-corrected chi connectivity index (χ3v) is 6.17. The van der Waals surface area contributed by atoms with Crippen molar-refractivity contribution in [3.8, 4) is 0 Å². The van der Waals surface area contributed by atoms with Crippen LogP contribution in [0.25, 0.3) is 0 Å². The molecule has 4 atom stereocenters. The van der Waals surface area contributed by atoms with E-state index in [9.17, 15) is 4.79 Å². The summed E-state index contributed by atoms with van der Waals surface area (Å²) in [7, 11) is 0. The summed E-state index contributed by atoms with van der Waals surface area (Å²) < 4.78 is 0. The van der Waals surface area contributed by atoms with Gasteiger partial charge in [0.25, 0.3) is 0 Å². The number of hydrogen-bond acceptors (Lipinski definition) is 2. The average Bonchev–Trinajstić information content (AvgIpc) is 3.26. The lowest BCUT2D eigenvalue weighted by atomic mass is 9.85. The molecule has 1 aromatic rings. The first-order chi connectivity index (χ1) is 11.1. The molecular formula is C21H31NO. The van der Waals surface area contributed by atoms with E-state index in [4.69, 9.17) is 5.73 Å². The lowest BCUT2D eigenvalue weighted by Gasteiger charge is -2.21. The summed E-state index contributed by atoms with van der Waals surface area (Å²) >= 11 is 0. The zero-order valence-electron chi connectivity index (χ0n) is 14.7. The summed E-state index contributed by atoms with van der Waals surface area (Å²) in [6.07, 6.45) is 9.37. The largest absolute Gasteiger partial charge is 0.321 e. The minimum absolute atomic E-state index is 0.202. The van der Waals surface area contributed by atoms with Crippen LogP contribution in [-0.4, -0.2) is 11.8 Å². The molecule has 2 heteroatoms. The Morgan fingerprint density at radius 2 is 1.74 bits per heavy atom. The third-order valence-electron chi connectivity index (χ3n) is 6.17. The lowest BCUT2D eigenvalue weighted by molar-refractivity contribution is -0.124. The predicted octanol–water partition coefficient (Wildman–Crippen LogP) is 4.35. The lowest BCUT2D eigenvalue weighted by Crippen LogP contribution is -2.38. The molecule has 0 aromatic heterocycles. The molecule has 0 aliphatic heterocycles. The van der Waals surface area contributed by atoms with Gasteiger partial charge in [-0.05, 0) is 74.5 Å². The van der Waals surface area contributed by atoms with E-state index in [1.165, 1.54) is 48.8 Å². The number of hydrogen-bond donors (Lipinski definition) is 1. The van der Waals surface area contributed by atoms with E-state index in [1.807, 2.05) is 0 Å². The molecule has 2 aliphatic rings. The van der Waals surface area contributed by atoms with Crippen molar-refractivity contribution in [2.75, 3.05) is 0 Å². The van der Waals surface area contributed by atoms with E-state index >= 15 is 0 Å². The van der Waals surface area contributed by atoms with Gasteiger partial charge >= 0.3 is 0 Å². The molecule has 2 aliphatic carbocycles. The van der Waals surface area contributed by atoms with Crippen LogP contribution in [0, 0.1) is 31.6 Å². The van der Waals surface area contributed by atoms with Gasteiger partial charge in [0.05, 0.1) is 6.04 Å². The number of aryl methyl sites for hydroxylation is 2. The van der Waals surface area contributed by atoms with Crippen LogP contribution in [0.15, 0.2) is 18.2 Å². The van der Waals surface area contributed by atoms with Crippen molar-refractivity contribution in [3.05, 3.63) is 34.9 Å². The number of benzene rings is 1. The molecule has 0 spiro atoms. The maximum atomic E-state index is 12.9. The van der Waals surface area contributed by atoms with Gasteiger partial charge in [-0.1, -0.05) is 37.5 Å². The molecule has 0 amide bonds. The molecular weight excluding hydrogens is 282 g/mol. The minimum Gasteiger partial charge on any atom is -0.321 e. The standard InChI is InChI=1S/C21H31NO/c1-14-6-5-7-15(2)19(14)13-20(22)21(23)16-8-3-4-9-17-12-18(17)11-10-16/h5-7,16-18,20H,3-4,8-13,22H2,1-2H3/t16?,17?,18?,20-/m0/s1. The van der Waals surface area contributed by atoms with Crippen molar-refractivity contribution < 1.29 is 4.79 Å². The van der Waals surface area contributed by atoms with Crippen LogP contribution in [0.4, 0.5) is 0 Å². The number of Topliss-reactive ketones (excluding diaryl/α,β-unsaturated/α-hetero) is 1. The first-order valence-corrected chi connectivity index (χ1v) is 9.40. The second-order valence-corrected chi connectivity index (χ2v) is 7.90. The second-order valence-electron chi connectivity index (χ2n) is 7.90. The summed E-state index contributed by atoms with van der Waals surface area (Å²) in [5, 5.41) is 0. The Morgan fingerprint density at radius 3 is 2.48 bits per heavy atom. The third kappa shape index (κ3) is 4.03. The molecule has 2 nitrogen and oxygen atoms in total. The summed E-state index contributed by atoms with van der Waals surface area (Å²) in [4.78, 5) is 12.9. The Hall–Kier alpha value is -1.15. The van der Waals surface area contributed by atoms with E-state index in [1.54, 1.807) is 0 Å². The van der Waals surface area contributed by atoms with Crippen molar-refractivity contribution in [1.29, 1.82) is 0 Å². The van der Waals surface area contributed by atoms with E-state index in [2.05, 4.69) is 32.0 Å². The summed E-state index contributed by atoms with van der Waals surface area (Å²) in [5.74, 6) is 2.41. The second kappa shape index (κ2) is 7.17. The number of nitrogens with two attached hydrogens (primary N) is 1. The van der Waals surface area contributed by atoms with Gasteiger partial charge in [0.15, 0.2) is 5.78 Å². The van der Waals surface area contributed by atoms with Gasteiger partial charge in [0.1, 0.15) is 0 Å². The van der Waals surface area contributed by atoms with E-state index in [0.717, 1.165) is 24.7 Å². The Bertz CT molecular complexity index is 545. The summed E-state index contributed by atoms with van der Waals surface area (Å²) in [5.41, 5.74) is 10.1. The van der Waals surface area contributed by atoms with Crippen molar-refractivity contribution in [3.63, 3.8) is 0 Å². The topological polar surface area (TPSA) is 43.1 Å². The quantitative estimate of drug-likeness (QED) is 0.898. The molecule has 23 heavy (non-hydrogen) atoms. The van der Waals surface area contributed by atoms with Crippen LogP contribution >= 0.6 is 0 Å². The van der Waals surface area contributed by atoms with E-state index in [0.29, 0.717) is 12.2 Å². The van der Waals surface area contributed by atoms with Crippen LogP contribution in [0.5, 0.6) is 0 Å². The van der Waals surface area contributed by atoms with Crippen LogP contribution in [0.3, 0.4) is 0 Å². The first-order valence-electron chi connectivity index (χ1n) is 9.40. The summed E-state index contributed by atoms with van der Waals surface area (Å²) in [6, 6.07) is 5.97. The van der Waals surface area contributed by atoms with Gasteiger partial charge in [-0.15, -0.1) is 0 Å². The first kappa shape index (κ1) is 16.7. The molecule has 2 N–H and O–H groups in total. The van der Waals surface area contributed by atoms with Crippen molar-refractivity contribution >= 4 is 5.78 Å². The van der Waals surface area contributed by atoms with Crippen LogP contribution in [0.1, 0.15) is 61.6 Å². The fraction of sp³-hybridized carbons (Fsp3) is 0.667. The number of rotatable bonds is 4. The maximum Gasteiger partial charge on any atom is 0.152 e. The zero-order chi connectivity index (χ0) is 16.4. The molecule has 0 saturated heterocycles. The molecule has 1 aromatic carbocycles. The molecule has 3 rings (SSSR count). The van der Waals surface area contributed by atoms with Crippen molar-refractivity contribution in [1.82, 2.24) is 0 Å². The van der Waals surface area contributed by atoms with E-state index < -0.39 is 0 Å². The molecule has 2 saturated carbocycles. The summed E-state index contributed by atoms with van der Waals surface area (Å²) in [6.45, 7) is 4.24. The Kier molecular flexibility index (Phi) is 5.21. The molecule has 0 heterocycles. The highest BCUT2D eigenvalue weighted by Gasteiger charge is 2.38. The van der Waals surface area contributed by atoms with Gasteiger partial charge in [-0.25, -0.2) is 0 Å². The van der Waals surface area contributed by atoms with Gasteiger partial charge in [-0.3, -0.25) is 4.79 Å². The smallest absolute Gasteiger partial charge is 0.152 e. The number of carbonyl (C=O) groups excluding carboxylic acids is 1. The van der Waals surface area contributed by atoms with Gasteiger partial charge in [-0.2, -0.15) is 0 Å². The zero-order valence-corrected chi connectivity index (χ0v) is 14.7. The predicted molar refractivity (Wildman–Crippen MR) is 95.4 cm³/mol. The van der Waals surface area contributed by atoms with Gasteiger partial charge < -0.3 is 5.73 Å². The highest BCUT2D eigenvalue weighted by molar-refractivity contribution is 5.86. The van der Waals surface area contributed by atoms with E-state index in [-0.39, 0.29) is 12.0 Å². The van der Waals surface area contributed by atoms with Gasteiger partial charge in [0.2, 0.25) is 0 Å². The molecule has 126 valence electrons. The Balaban J connectivity index is 1.63. The number of carbonyl (C=O) groups is 1. The van der Waals surface area contributed by atoms with Crippen LogP contribution in [0.2, 0.25) is 0 Å². The fourth-order valence-corrected chi connectivity index (χ4v) is 4.45. The SMILES string of the molecule is Cc1cccc(C)c1C[C@H](N)C(=O)C1CCCCC2CC2CC1. The van der Waals surface area contributed by atoms with Crippen LogP contribution in [-0.2, 0) is 11.2 Å². The monoisotopic (exact) mass is 313 g/mol. The number of fused-ring (bicyclic) bond motifs is 1. The van der Waals surface area contributed by atoms with Crippen molar-refractivity contribution in [2.45, 2.75) is 71.3 Å². The van der Waals surface area contributed by atoms with Gasteiger partial charge in [0, 0.05) is 5.92 Å². The molecule has 3 unspecified atom stereocenters. The molecule has 0 radical (unpaired) electrons. The average molecular weight is 313 g/mol. The number of ketones is 1. The highest BCUT2D eigenvalue weighted by atomic mass is 16.1. The molecule has 0 bridgehead atoms. The highest BCUT2D eigenvalue weighted by Crippen LogP contribution is 2.47. The van der Waals surface area contributed by atoms with Crippen LogP contribution < -0.4 is 5.73 Å². The minimum atomic E-state index is -0.337. The molecule has 2 fully saturated rings. The van der Waals surface area contributed by atoms with Crippen molar-refractivity contribution in [2.24, 2.45) is 23.5 Å².